The van der Waals surface area contributed by atoms with Crippen molar-refractivity contribution in [1.29, 1.82) is 0 Å². The number of ether oxygens (including phenoxy) is 1. The SMILES string of the molecule is COc1cc(C)[nH]c(=O)c1CN1CCN(C)c2c(Cl)cc(-c3ccc(Cl)cc3F)c(Cl)c2C1=O. The Labute approximate surface area is 210 Å². The largest absolute Gasteiger partial charge is 0.496 e. The van der Waals surface area contributed by atoms with Crippen LogP contribution in [0.2, 0.25) is 15.1 Å². The van der Waals surface area contributed by atoms with Gasteiger partial charge in [-0.2, -0.15) is 0 Å². The standard InChI is InChI=1S/C24H21Cl3FN3O3/c1-12-8-19(34-3)16(23(32)29-12)11-31-7-6-30(2)22-17(26)10-15(21(27)20(22)24(31)33)14-5-4-13(25)9-18(14)28/h4-5,8-10H,6-7,11H2,1-3H3,(H,29,32). The lowest BCUT2D eigenvalue weighted by Gasteiger charge is -2.22. The number of halogens is 4. The number of rotatable bonds is 4. The molecule has 1 aliphatic rings. The molecule has 10 heteroatoms. The summed E-state index contributed by atoms with van der Waals surface area (Å²) in [5, 5.41) is 0.554. The van der Waals surface area contributed by atoms with Gasteiger partial charge in [0.25, 0.3) is 11.5 Å². The number of fused-ring (bicyclic) bond motifs is 1. The van der Waals surface area contributed by atoms with Gasteiger partial charge in [-0.1, -0.05) is 34.8 Å². The number of aromatic nitrogens is 1. The molecule has 0 fully saturated rings. The highest BCUT2D eigenvalue weighted by Gasteiger charge is 2.32. The zero-order chi connectivity index (χ0) is 24.7. The second-order valence-electron chi connectivity index (χ2n) is 8.04. The predicted octanol–water partition coefficient (Wildman–Crippen LogP) is 5.55. The third kappa shape index (κ3) is 4.35. The minimum atomic E-state index is -0.590. The number of carbonyl (C=O) groups excluding carboxylic acids is 1. The van der Waals surface area contributed by atoms with Gasteiger partial charge in [0.05, 0.1) is 40.5 Å². The minimum Gasteiger partial charge on any atom is -0.496 e. The zero-order valence-corrected chi connectivity index (χ0v) is 20.9. The molecule has 0 aliphatic carbocycles. The van der Waals surface area contributed by atoms with E-state index in [9.17, 15) is 14.0 Å². The van der Waals surface area contributed by atoms with Crippen LogP contribution in [0, 0.1) is 12.7 Å². The summed E-state index contributed by atoms with van der Waals surface area (Å²) in [5.41, 5.74) is 1.64. The molecule has 3 aromatic rings. The van der Waals surface area contributed by atoms with Crippen molar-refractivity contribution in [2.45, 2.75) is 13.5 Å². The molecule has 2 aromatic carbocycles. The maximum absolute atomic E-state index is 14.7. The Bertz CT molecular complexity index is 1360. The third-order valence-electron chi connectivity index (χ3n) is 5.80. The van der Waals surface area contributed by atoms with Gasteiger partial charge in [-0.25, -0.2) is 4.39 Å². The Kier molecular flexibility index (Phi) is 6.80. The van der Waals surface area contributed by atoms with E-state index >= 15 is 0 Å². The number of anilines is 1. The highest BCUT2D eigenvalue weighted by atomic mass is 35.5. The molecule has 1 aliphatic heterocycles. The molecule has 2 heterocycles. The average Bonchev–Trinajstić information content (AvgIpc) is 2.90. The molecule has 0 saturated carbocycles. The van der Waals surface area contributed by atoms with Crippen molar-refractivity contribution >= 4 is 46.4 Å². The molecule has 0 unspecified atom stereocenters. The quantitative estimate of drug-likeness (QED) is 0.486. The van der Waals surface area contributed by atoms with Gasteiger partial charge < -0.3 is 19.5 Å². The molecule has 0 atom stereocenters. The molecule has 1 amide bonds. The predicted molar refractivity (Wildman–Crippen MR) is 133 cm³/mol. The maximum Gasteiger partial charge on any atom is 0.257 e. The number of pyridine rings is 1. The number of nitrogens with one attached hydrogen (secondary N) is 1. The van der Waals surface area contributed by atoms with Gasteiger partial charge >= 0.3 is 0 Å². The van der Waals surface area contributed by atoms with Crippen molar-refractivity contribution in [2.24, 2.45) is 0 Å². The number of nitrogens with zero attached hydrogens (tertiary/aromatic N) is 2. The van der Waals surface area contributed by atoms with E-state index in [1.54, 1.807) is 26.1 Å². The van der Waals surface area contributed by atoms with E-state index in [0.717, 1.165) is 0 Å². The molecule has 1 N–H and O–H groups in total. The highest BCUT2D eigenvalue weighted by molar-refractivity contribution is 6.41. The normalized spacial score (nSPS) is 13.7. The fourth-order valence-corrected chi connectivity index (χ4v) is 4.92. The average molecular weight is 525 g/mol. The minimum absolute atomic E-state index is 0.00161. The van der Waals surface area contributed by atoms with E-state index in [1.807, 2.05) is 4.90 Å². The number of benzene rings is 2. The van der Waals surface area contributed by atoms with Gasteiger partial charge in [-0.15, -0.1) is 0 Å². The lowest BCUT2D eigenvalue weighted by atomic mass is 9.99. The molecule has 0 saturated heterocycles. The summed E-state index contributed by atoms with van der Waals surface area (Å²) in [6.45, 7) is 2.49. The van der Waals surface area contributed by atoms with E-state index in [4.69, 9.17) is 39.5 Å². The number of H-pyrrole nitrogens is 1. The monoisotopic (exact) mass is 523 g/mol. The van der Waals surface area contributed by atoms with Crippen molar-refractivity contribution < 1.29 is 13.9 Å². The Morgan fingerprint density at radius 1 is 1.09 bits per heavy atom. The molecule has 0 spiro atoms. The highest BCUT2D eigenvalue weighted by Crippen LogP contribution is 2.44. The van der Waals surface area contributed by atoms with Crippen LogP contribution in [0.1, 0.15) is 21.6 Å². The molecule has 6 nitrogen and oxygen atoms in total. The van der Waals surface area contributed by atoms with Crippen LogP contribution < -0.4 is 15.2 Å². The first kappa shape index (κ1) is 24.4. The summed E-state index contributed by atoms with van der Waals surface area (Å²) < 4.78 is 20.1. The van der Waals surface area contributed by atoms with E-state index in [2.05, 4.69) is 4.98 Å². The van der Waals surface area contributed by atoms with Crippen LogP contribution >= 0.6 is 34.8 Å². The molecular weight excluding hydrogens is 504 g/mol. The summed E-state index contributed by atoms with van der Waals surface area (Å²) >= 11 is 19.2. The summed E-state index contributed by atoms with van der Waals surface area (Å²) in [5.74, 6) is -0.634. The summed E-state index contributed by atoms with van der Waals surface area (Å²) in [6, 6.07) is 7.43. The second-order valence-corrected chi connectivity index (χ2v) is 9.27. The second kappa shape index (κ2) is 9.49. The Balaban J connectivity index is 1.85. The van der Waals surface area contributed by atoms with Gasteiger partial charge in [0.1, 0.15) is 11.6 Å². The molecule has 34 heavy (non-hydrogen) atoms. The van der Waals surface area contributed by atoms with Crippen LogP contribution in [0.3, 0.4) is 0 Å². The van der Waals surface area contributed by atoms with Crippen molar-refractivity contribution in [3.05, 3.63) is 78.4 Å². The summed E-state index contributed by atoms with van der Waals surface area (Å²) in [6.07, 6.45) is 0. The van der Waals surface area contributed by atoms with Gasteiger partial charge in [-0.05, 0) is 37.3 Å². The Hall–Kier alpha value is -2.74. The number of carbonyl (C=O) groups is 1. The van der Waals surface area contributed by atoms with Crippen LogP contribution in [0.5, 0.6) is 5.75 Å². The van der Waals surface area contributed by atoms with Gasteiger partial charge in [0, 0.05) is 42.0 Å². The fourth-order valence-electron chi connectivity index (χ4n) is 4.09. The van der Waals surface area contributed by atoms with Crippen LogP contribution in [-0.2, 0) is 6.54 Å². The smallest absolute Gasteiger partial charge is 0.257 e. The van der Waals surface area contributed by atoms with E-state index in [0.29, 0.717) is 35.8 Å². The summed E-state index contributed by atoms with van der Waals surface area (Å²) in [4.78, 5) is 32.5. The molecule has 0 radical (unpaired) electrons. The van der Waals surface area contributed by atoms with Gasteiger partial charge in [0.15, 0.2) is 0 Å². The number of aryl methyl sites for hydroxylation is 1. The van der Waals surface area contributed by atoms with Crippen molar-refractivity contribution in [1.82, 2.24) is 9.88 Å². The van der Waals surface area contributed by atoms with Gasteiger partial charge in [0.2, 0.25) is 0 Å². The summed E-state index contributed by atoms with van der Waals surface area (Å²) in [7, 11) is 3.26. The number of methoxy groups -OCH3 is 1. The lowest BCUT2D eigenvalue weighted by molar-refractivity contribution is 0.0753. The van der Waals surface area contributed by atoms with Crippen LogP contribution in [0.25, 0.3) is 11.1 Å². The topological polar surface area (TPSA) is 65.6 Å². The van der Waals surface area contributed by atoms with E-state index in [1.165, 1.54) is 30.2 Å². The zero-order valence-electron chi connectivity index (χ0n) is 18.6. The number of likely N-dealkylation sites (N-methyl/N-ethyl adjacent to an activating group) is 1. The van der Waals surface area contributed by atoms with Gasteiger partial charge in [-0.3, -0.25) is 9.59 Å². The number of amides is 1. The first-order chi connectivity index (χ1) is 16.1. The van der Waals surface area contributed by atoms with E-state index < -0.39 is 11.7 Å². The maximum atomic E-state index is 14.7. The van der Waals surface area contributed by atoms with Crippen molar-refractivity contribution in [3.63, 3.8) is 0 Å². The van der Waals surface area contributed by atoms with Crippen LogP contribution in [0.15, 0.2) is 35.1 Å². The molecule has 4 rings (SSSR count). The number of hydrogen-bond acceptors (Lipinski definition) is 4. The van der Waals surface area contributed by atoms with Crippen LogP contribution in [-0.4, -0.2) is 43.0 Å². The molecule has 1 aromatic heterocycles. The molecule has 178 valence electrons. The lowest BCUT2D eigenvalue weighted by Crippen LogP contribution is -2.35. The Morgan fingerprint density at radius 2 is 1.82 bits per heavy atom. The van der Waals surface area contributed by atoms with Crippen molar-refractivity contribution in [3.8, 4) is 16.9 Å². The number of aromatic amines is 1. The van der Waals surface area contributed by atoms with E-state index in [-0.39, 0.29) is 43.9 Å². The van der Waals surface area contributed by atoms with Crippen molar-refractivity contribution in [2.75, 3.05) is 32.1 Å². The third-order valence-corrected chi connectivity index (χ3v) is 6.71. The first-order valence-electron chi connectivity index (χ1n) is 10.4. The molecular formula is C24H21Cl3FN3O3. The molecule has 0 bridgehead atoms. The Morgan fingerprint density at radius 3 is 2.50 bits per heavy atom. The number of hydrogen-bond donors (Lipinski definition) is 1. The first-order valence-corrected chi connectivity index (χ1v) is 11.5. The fraction of sp³-hybridized carbons (Fsp3) is 0.250. The van der Waals surface area contributed by atoms with Crippen LogP contribution in [0.4, 0.5) is 10.1 Å².